The maximum atomic E-state index is 11.7. The Hall–Kier alpha value is -2.99. The van der Waals surface area contributed by atoms with Crippen molar-refractivity contribution in [1.29, 1.82) is 0 Å². The van der Waals surface area contributed by atoms with Crippen molar-refractivity contribution in [3.05, 3.63) is 71.7 Å². The van der Waals surface area contributed by atoms with Crippen LogP contribution in [0, 0.1) is 0 Å². The summed E-state index contributed by atoms with van der Waals surface area (Å²) in [7, 11) is 0. The summed E-state index contributed by atoms with van der Waals surface area (Å²) in [5, 5.41) is 9.60. The van der Waals surface area contributed by atoms with Crippen molar-refractivity contribution in [2.75, 3.05) is 0 Å². The van der Waals surface area contributed by atoms with Crippen molar-refractivity contribution in [1.82, 2.24) is 14.9 Å². The van der Waals surface area contributed by atoms with Gasteiger partial charge in [0.15, 0.2) is 11.6 Å². The van der Waals surface area contributed by atoms with E-state index in [2.05, 4.69) is 16.0 Å². The lowest BCUT2D eigenvalue weighted by atomic mass is 9.93. The number of carboxylic acids is 1. The van der Waals surface area contributed by atoms with E-state index in [1.54, 1.807) is 30.8 Å². The summed E-state index contributed by atoms with van der Waals surface area (Å²) in [6.07, 6.45) is 5.54. The van der Waals surface area contributed by atoms with Gasteiger partial charge in [-0.15, -0.1) is 0 Å². The Morgan fingerprint density at radius 3 is 2.60 bits per heavy atom. The van der Waals surface area contributed by atoms with Crippen LogP contribution < -0.4 is 0 Å². The Labute approximate surface area is 144 Å². The largest absolute Gasteiger partial charge is 0.480 e. The highest BCUT2D eigenvalue weighted by atomic mass is 16.4. The normalized spacial score (nSPS) is 17.2. The van der Waals surface area contributed by atoms with Crippen LogP contribution in [0.25, 0.3) is 11.6 Å². The summed E-state index contributed by atoms with van der Waals surface area (Å²) in [5.74, 6) is 0.331. The van der Waals surface area contributed by atoms with Crippen LogP contribution in [0.2, 0.25) is 0 Å². The number of rotatable bonds is 4. The second-order valence-electron chi connectivity index (χ2n) is 6.12. The van der Waals surface area contributed by atoms with Gasteiger partial charge in [0.2, 0.25) is 0 Å². The zero-order valence-electron chi connectivity index (χ0n) is 13.5. The van der Waals surface area contributed by atoms with Crippen LogP contribution in [0.4, 0.5) is 0 Å². The number of aliphatic carboxylic acids is 1. The molecule has 4 rings (SSSR count). The number of carbonyl (C=O) groups is 1. The monoisotopic (exact) mass is 335 g/mol. The molecule has 1 atom stereocenters. The van der Waals surface area contributed by atoms with Crippen molar-refractivity contribution in [3.63, 3.8) is 0 Å². The lowest BCUT2D eigenvalue weighted by Gasteiger charge is -2.34. The maximum Gasteiger partial charge on any atom is 0.321 e. The molecule has 0 bridgehead atoms. The molecule has 1 N–H and O–H groups in total. The molecule has 3 heterocycles. The van der Waals surface area contributed by atoms with E-state index in [0.29, 0.717) is 31.1 Å². The molecule has 0 fully saturated rings. The molecule has 0 amide bonds. The van der Waals surface area contributed by atoms with Gasteiger partial charge in [0.1, 0.15) is 6.04 Å². The number of hydrogen-bond acceptors (Lipinski definition) is 5. The number of fused-ring (bicyclic) bond motifs is 1. The molecular weight excluding hydrogens is 318 g/mol. The van der Waals surface area contributed by atoms with Crippen LogP contribution in [-0.4, -0.2) is 32.0 Å². The first-order chi connectivity index (χ1) is 12.2. The van der Waals surface area contributed by atoms with Gasteiger partial charge in [-0.25, -0.2) is 9.97 Å². The molecule has 6 heteroatoms. The van der Waals surface area contributed by atoms with E-state index in [9.17, 15) is 9.90 Å². The third kappa shape index (κ3) is 3.16. The molecule has 6 nitrogen and oxygen atoms in total. The highest BCUT2D eigenvalue weighted by Gasteiger charge is 2.31. The first kappa shape index (κ1) is 15.5. The van der Waals surface area contributed by atoms with Crippen LogP contribution >= 0.6 is 0 Å². The molecule has 1 unspecified atom stereocenters. The Bertz CT molecular complexity index is 875. The number of benzene rings is 1. The number of hydrogen-bond donors (Lipinski definition) is 1. The predicted octanol–water partition coefficient (Wildman–Crippen LogP) is 2.75. The fraction of sp³-hybridized carbons (Fsp3) is 0.211. The highest BCUT2D eigenvalue weighted by Crippen LogP contribution is 2.25. The minimum absolute atomic E-state index is 0.490. The van der Waals surface area contributed by atoms with E-state index in [0.717, 1.165) is 11.1 Å². The zero-order chi connectivity index (χ0) is 17.2. The van der Waals surface area contributed by atoms with Crippen LogP contribution in [0.5, 0.6) is 0 Å². The number of carboxylic acid groups (broad SMARTS) is 1. The zero-order valence-corrected chi connectivity index (χ0v) is 13.5. The lowest BCUT2D eigenvalue weighted by molar-refractivity contribution is -0.144. The molecule has 3 aromatic rings. The molecule has 25 heavy (non-hydrogen) atoms. The molecule has 1 aliphatic heterocycles. The van der Waals surface area contributed by atoms with Gasteiger partial charge in [0, 0.05) is 31.0 Å². The van der Waals surface area contributed by atoms with Crippen LogP contribution in [0.3, 0.4) is 0 Å². The summed E-state index contributed by atoms with van der Waals surface area (Å²) in [6, 6.07) is 11.0. The van der Waals surface area contributed by atoms with Gasteiger partial charge in [-0.05, 0) is 29.7 Å². The molecule has 0 saturated carbocycles. The van der Waals surface area contributed by atoms with Gasteiger partial charge in [-0.2, -0.15) is 0 Å². The smallest absolute Gasteiger partial charge is 0.321 e. The number of furan rings is 1. The number of nitrogens with zero attached hydrogens (tertiary/aromatic N) is 3. The molecular formula is C19H17N3O3. The Kier molecular flexibility index (Phi) is 4.03. The van der Waals surface area contributed by atoms with E-state index in [1.807, 2.05) is 23.1 Å². The molecule has 126 valence electrons. The molecule has 0 saturated heterocycles. The van der Waals surface area contributed by atoms with E-state index in [1.165, 1.54) is 5.56 Å². The van der Waals surface area contributed by atoms with Crippen LogP contribution in [-0.2, 0) is 24.3 Å². The Morgan fingerprint density at radius 1 is 1.16 bits per heavy atom. The average molecular weight is 335 g/mol. The highest BCUT2D eigenvalue weighted by molar-refractivity contribution is 5.74. The van der Waals surface area contributed by atoms with Crippen molar-refractivity contribution >= 4 is 5.97 Å². The predicted molar refractivity (Wildman–Crippen MR) is 90.6 cm³/mol. The lowest BCUT2D eigenvalue weighted by Crippen LogP contribution is -2.45. The van der Waals surface area contributed by atoms with E-state index in [-0.39, 0.29) is 0 Å². The van der Waals surface area contributed by atoms with Gasteiger partial charge in [-0.1, -0.05) is 24.3 Å². The van der Waals surface area contributed by atoms with Crippen molar-refractivity contribution < 1.29 is 14.3 Å². The Morgan fingerprint density at radius 2 is 1.92 bits per heavy atom. The summed E-state index contributed by atoms with van der Waals surface area (Å²) >= 11 is 0. The van der Waals surface area contributed by atoms with Gasteiger partial charge in [-0.3, -0.25) is 9.69 Å². The minimum Gasteiger partial charge on any atom is -0.480 e. The van der Waals surface area contributed by atoms with Crippen LogP contribution in [0.1, 0.15) is 16.7 Å². The second kappa shape index (κ2) is 6.49. The fourth-order valence-corrected chi connectivity index (χ4v) is 3.19. The Balaban J connectivity index is 1.55. The van der Waals surface area contributed by atoms with Crippen LogP contribution in [0.15, 0.2) is 59.5 Å². The molecule has 0 spiro atoms. The molecule has 1 aromatic carbocycles. The molecule has 1 aliphatic rings. The quantitative estimate of drug-likeness (QED) is 0.790. The van der Waals surface area contributed by atoms with E-state index in [4.69, 9.17) is 4.42 Å². The standard InChI is InChI=1S/C19H17N3O3/c23-19(24)16-8-14-4-1-2-5-15(14)12-22(16)11-13-9-20-18(21-10-13)17-6-3-7-25-17/h1-7,9-10,16H,8,11-12H2,(H,23,24). The minimum atomic E-state index is -0.803. The first-order valence-corrected chi connectivity index (χ1v) is 8.09. The van der Waals surface area contributed by atoms with Gasteiger partial charge in [0.25, 0.3) is 0 Å². The van der Waals surface area contributed by atoms with Gasteiger partial charge in [0.05, 0.1) is 6.26 Å². The summed E-state index contributed by atoms with van der Waals surface area (Å²) < 4.78 is 5.28. The first-order valence-electron chi connectivity index (χ1n) is 8.09. The number of aromatic nitrogens is 2. The second-order valence-corrected chi connectivity index (χ2v) is 6.12. The van der Waals surface area contributed by atoms with E-state index >= 15 is 0 Å². The third-order valence-corrected chi connectivity index (χ3v) is 4.46. The van der Waals surface area contributed by atoms with Gasteiger partial charge < -0.3 is 9.52 Å². The topological polar surface area (TPSA) is 79.5 Å². The van der Waals surface area contributed by atoms with Crippen molar-refractivity contribution in [3.8, 4) is 11.6 Å². The summed E-state index contributed by atoms with van der Waals surface area (Å²) in [4.78, 5) is 22.3. The van der Waals surface area contributed by atoms with Crippen molar-refractivity contribution in [2.24, 2.45) is 0 Å². The SMILES string of the molecule is O=C(O)C1Cc2ccccc2CN1Cc1cnc(-c2ccco2)nc1. The molecule has 0 aliphatic carbocycles. The molecule has 0 radical (unpaired) electrons. The van der Waals surface area contributed by atoms with Gasteiger partial charge >= 0.3 is 5.97 Å². The third-order valence-electron chi connectivity index (χ3n) is 4.46. The maximum absolute atomic E-state index is 11.7. The summed E-state index contributed by atoms with van der Waals surface area (Å²) in [5.41, 5.74) is 3.16. The average Bonchev–Trinajstić information content (AvgIpc) is 3.16. The van der Waals surface area contributed by atoms with E-state index < -0.39 is 12.0 Å². The van der Waals surface area contributed by atoms with Crippen molar-refractivity contribution in [2.45, 2.75) is 25.6 Å². The summed E-state index contributed by atoms with van der Waals surface area (Å²) in [6.45, 7) is 1.09. The molecule has 2 aromatic heterocycles. The fourth-order valence-electron chi connectivity index (χ4n) is 3.19.